The first-order valence-corrected chi connectivity index (χ1v) is 4.41. The first-order chi connectivity index (χ1) is 6.43. The monoisotopic (exact) mass is 196 g/mol. The van der Waals surface area contributed by atoms with Crippen LogP contribution in [0.2, 0.25) is 0 Å². The molecule has 1 nitrogen and oxygen atoms in total. The van der Waals surface area contributed by atoms with Crippen LogP contribution in [0.5, 0.6) is 0 Å². The van der Waals surface area contributed by atoms with Crippen LogP contribution in [0.4, 0.5) is 4.39 Å². The van der Waals surface area contributed by atoms with Crippen LogP contribution in [-0.2, 0) is 4.74 Å². The average Bonchev–Trinajstić information content (AvgIpc) is 2.01. The highest BCUT2D eigenvalue weighted by Gasteiger charge is 2.00. The summed E-state index contributed by atoms with van der Waals surface area (Å²) < 4.78 is 18.2. The number of allylic oxidation sites excluding steroid dienone is 4. The van der Waals surface area contributed by atoms with Gasteiger partial charge < -0.3 is 4.74 Å². The van der Waals surface area contributed by atoms with Gasteiger partial charge in [0.2, 0.25) is 0 Å². The fraction of sp³-hybridized carbons (Fsp3) is 0.333. The Morgan fingerprint density at radius 3 is 2.29 bits per heavy atom. The van der Waals surface area contributed by atoms with Gasteiger partial charge in [-0.3, -0.25) is 0 Å². The van der Waals surface area contributed by atoms with Crippen LogP contribution >= 0.6 is 0 Å². The molecule has 0 saturated heterocycles. The lowest BCUT2D eigenvalue weighted by Gasteiger charge is -2.04. The molecule has 0 atom stereocenters. The van der Waals surface area contributed by atoms with Gasteiger partial charge in [0, 0.05) is 0 Å². The Morgan fingerprint density at radius 2 is 1.86 bits per heavy atom. The van der Waals surface area contributed by atoms with Gasteiger partial charge in [0.25, 0.3) is 0 Å². The predicted octanol–water partition coefficient (Wildman–Crippen LogP) is 3.91. The van der Waals surface area contributed by atoms with Gasteiger partial charge in [-0.25, -0.2) is 4.39 Å². The van der Waals surface area contributed by atoms with Gasteiger partial charge in [-0.15, -0.1) is 0 Å². The molecule has 0 spiro atoms. The third-order valence-electron chi connectivity index (χ3n) is 1.39. The van der Waals surface area contributed by atoms with Crippen LogP contribution in [0.15, 0.2) is 48.0 Å². The predicted molar refractivity (Wildman–Crippen MR) is 58.5 cm³/mol. The van der Waals surface area contributed by atoms with Gasteiger partial charge in [0.05, 0.1) is 0 Å². The minimum Gasteiger partial charge on any atom is -0.487 e. The number of ether oxygens (including phenoxy) is 1. The minimum atomic E-state index is -0.473. The van der Waals surface area contributed by atoms with Gasteiger partial charge in [-0.2, -0.15) is 0 Å². The molecule has 0 aliphatic rings. The lowest BCUT2D eigenvalue weighted by molar-refractivity contribution is 0.243. The van der Waals surface area contributed by atoms with Crippen LogP contribution in [0.3, 0.4) is 0 Å². The topological polar surface area (TPSA) is 9.23 Å². The summed E-state index contributed by atoms with van der Waals surface area (Å²) in [7, 11) is 0. The summed E-state index contributed by atoms with van der Waals surface area (Å²) in [5.41, 5.74) is 1.76. The molecule has 0 aromatic carbocycles. The smallest absolute Gasteiger partial charge is 0.164 e. The molecule has 2 heteroatoms. The Morgan fingerprint density at radius 1 is 1.29 bits per heavy atom. The molecule has 0 amide bonds. The molecule has 0 bridgehead atoms. The molecule has 14 heavy (non-hydrogen) atoms. The van der Waals surface area contributed by atoms with E-state index < -0.39 is 5.83 Å². The van der Waals surface area contributed by atoms with Crippen molar-refractivity contribution in [3.63, 3.8) is 0 Å². The molecule has 0 saturated carbocycles. The summed E-state index contributed by atoms with van der Waals surface area (Å²) >= 11 is 0. The molecule has 0 aromatic heterocycles. The van der Waals surface area contributed by atoms with Crippen LogP contribution in [0.1, 0.15) is 20.8 Å². The molecule has 0 aromatic rings. The molecule has 0 rings (SSSR count). The molecule has 0 fully saturated rings. The van der Waals surface area contributed by atoms with E-state index in [1.165, 1.54) is 6.08 Å². The van der Waals surface area contributed by atoms with Crippen molar-refractivity contribution in [2.75, 3.05) is 6.61 Å². The highest BCUT2D eigenvalue weighted by molar-refractivity contribution is 5.25. The molecule has 0 radical (unpaired) electrons. The Bertz CT molecular complexity index is 281. The largest absolute Gasteiger partial charge is 0.487 e. The number of hydrogen-bond acceptors (Lipinski definition) is 1. The maximum Gasteiger partial charge on any atom is 0.164 e. The fourth-order valence-corrected chi connectivity index (χ4v) is 0.675. The van der Waals surface area contributed by atoms with E-state index in [2.05, 4.69) is 13.2 Å². The molecule has 0 N–H and O–H groups in total. The zero-order valence-corrected chi connectivity index (χ0v) is 9.06. The van der Waals surface area contributed by atoms with Crippen LogP contribution in [0, 0.1) is 0 Å². The first-order valence-electron chi connectivity index (χ1n) is 4.41. The second-order valence-electron chi connectivity index (χ2n) is 3.35. The van der Waals surface area contributed by atoms with Crippen LogP contribution in [0.25, 0.3) is 0 Å². The van der Waals surface area contributed by atoms with E-state index in [0.717, 1.165) is 5.57 Å². The summed E-state index contributed by atoms with van der Waals surface area (Å²) in [4.78, 5) is 0. The lowest BCUT2D eigenvalue weighted by Crippen LogP contribution is -1.92. The summed E-state index contributed by atoms with van der Waals surface area (Å²) in [6, 6.07) is 0. The van der Waals surface area contributed by atoms with Crippen molar-refractivity contribution >= 4 is 0 Å². The summed E-state index contributed by atoms with van der Waals surface area (Å²) in [6.45, 7) is 13.0. The minimum absolute atomic E-state index is 0.0468. The van der Waals surface area contributed by atoms with Gasteiger partial charge in [-0.05, 0) is 32.9 Å². The first kappa shape index (κ1) is 12.7. The third kappa shape index (κ3) is 6.23. The van der Waals surface area contributed by atoms with E-state index in [0.29, 0.717) is 12.2 Å². The number of halogens is 1. The Kier molecular flexibility index (Phi) is 5.61. The van der Waals surface area contributed by atoms with Crippen molar-refractivity contribution < 1.29 is 9.13 Å². The van der Waals surface area contributed by atoms with Gasteiger partial charge in [0.1, 0.15) is 12.4 Å². The van der Waals surface area contributed by atoms with Crippen molar-refractivity contribution in [2.45, 2.75) is 20.8 Å². The Balaban J connectivity index is 4.10. The van der Waals surface area contributed by atoms with E-state index in [-0.39, 0.29) is 5.76 Å². The summed E-state index contributed by atoms with van der Waals surface area (Å²) in [6.07, 6.45) is 3.16. The van der Waals surface area contributed by atoms with E-state index in [1.807, 2.05) is 19.9 Å². The molecule has 0 aliphatic heterocycles. The van der Waals surface area contributed by atoms with E-state index >= 15 is 0 Å². The Labute approximate surface area is 85.3 Å². The molecule has 78 valence electrons. The lowest BCUT2D eigenvalue weighted by atomic mass is 10.3. The van der Waals surface area contributed by atoms with Gasteiger partial charge >= 0.3 is 0 Å². The highest BCUT2D eigenvalue weighted by atomic mass is 19.1. The zero-order chi connectivity index (χ0) is 11.1. The second-order valence-corrected chi connectivity index (χ2v) is 3.35. The molecular weight excluding hydrogens is 179 g/mol. The molecular formula is C12H17FO. The molecule has 0 unspecified atom stereocenters. The van der Waals surface area contributed by atoms with Crippen molar-refractivity contribution in [3.8, 4) is 0 Å². The maximum absolute atomic E-state index is 13.1. The zero-order valence-electron chi connectivity index (χ0n) is 9.06. The SMILES string of the molecule is C=C(C)/C=C(/F)C(=C)OCC=C(C)C. The van der Waals surface area contributed by atoms with Crippen LogP contribution < -0.4 is 0 Å². The van der Waals surface area contributed by atoms with Gasteiger partial charge in [0.15, 0.2) is 5.83 Å². The number of hydrogen-bond donors (Lipinski definition) is 0. The third-order valence-corrected chi connectivity index (χ3v) is 1.39. The highest BCUT2D eigenvalue weighted by Crippen LogP contribution is 2.13. The average molecular weight is 196 g/mol. The normalized spacial score (nSPS) is 10.7. The van der Waals surface area contributed by atoms with E-state index in [4.69, 9.17) is 4.74 Å². The Hall–Kier alpha value is -1.31. The van der Waals surface area contributed by atoms with Crippen molar-refractivity contribution in [3.05, 3.63) is 48.0 Å². The quantitative estimate of drug-likeness (QED) is 0.368. The van der Waals surface area contributed by atoms with Gasteiger partial charge in [-0.1, -0.05) is 24.3 Å². The summed E-state index contributed by atoms with van der Waals surface area (Å²) in [5, 5.41) is 0. The van der Waals surface area contributed by atoms with Crippen molar-refractivity contribution in [2.24, 2.45) is 0 Å². The van der Waals surface area contributed by atoms with Crippen LogP contribution in [-0.4, -0.2) is 6.61 Å². The van der Waals surface area contributed by atoms with Crippen molar-refractivity contribution in [1.82, 2.24) is 0 Å². The standard InChI is InChI=1S/C12H17FO/c1-9(2)6-7-14-11(5)12(13)8-10(3)4/h6,8H,3,5,7H2,1-2,4H3/b12-8+. The molecule has 0 aliphatic carbocycles. The molecule has 0 heterocycles. The summed E-state index contributed by atoms with van der Waals surface area (Å²) in [5.74, 6) is -0.426. The fourth-order valence-electron chi connectivity index (χ4n) is 0.675. The maximum atomic E-state index is 13.1. The number of rotatable bonds is 5. The van der Waals surface area contributed by atoms with E-state index in [9.17, 15) is 4.39 Å². The van der Waals surface area contributed by atoms with E-state index in [1.54, 1.807) is 6.92 Å². The second kappa shape index (κ2) is 6.19. The van der Waals surface area contributed by atoms with Crippen molar-refractivity contribution in [1.29, 1.82) is 0 Å².